The van der Waals surface area contributed by atoms with Crippen LogP contribution in [-0.4, -0.2) is 24.8 Å². The maximum Gasteiger partial charge on any atom is 0.308 e. The summed E-state index contributed by atoms with van der Waals surface area (Å²) in [5.74, 6) is -0.135. The summed E-state index contributed by atoms with van der Waals surface area (Å²) in [6, 6.07) is 0. The molecule has 1 rings (SSSR count). The smallest absolute Gasteiger partial charge is 0.308 e. The molecule has 82 valence electrons. The number of hydrogen-bond donors (Lipinski definition) is 0. The molecule has 0 aliphatic heterocycles. The third-order valence-electron chi connectivity index (χ3n) is 2.88. The minimum absolute atomic E-state index is 0.0486. The molecule has 3 heteroatoms. The third-order valence-corrected chi connectivity index (χ3v) is 2.88. The first-order chi connectivity index (χ1) is 6.56. The molecule has 0 saturated heterocycles. The topological polar surface area (TPSA) is 35.5 Å². The largest absolute Gasteiger partial charge is 0.459 e. The van der Waals surface area contributed by atoms with Gasteiger partial charge in [0, 0.05) is 7.11 Å². The molecule has 1 atom stereocenters. The molecule has 0 aromatic heterocycles. The molecule has 0 aromatic carbocycles. The zero-order valence-corrected chi connectivity index (χ0v) is 9.34. The lowest BCUT2D eigenvalue weighted by Crippen LogP contribution is -2.29. The van der Waals surface area contributed by atoms with Crippen molar-refractivity contribution < 1.29 is 14.3 Å². The lowest BCUT2D eigenvalue weighted by atomic mass is 10.1. The molecule has 0 N–H and O–H groups in total. The molecule has 1 unspecified atom stereocenters. The van der Waals surface area contributed by atoms with Crippen LogP contribution in [0.15, 0.2) is 0 Å². The summed E-state index contributed by atoms with van der Waals surface area (Å²) in [6.45, 7) is 3.90. The van der Waals surface area contributed by atoms with E-state index in [1.165, 1.54) is 12.8 Å². The van der Waals surface area contributed by atoms with E-state index in [9.17, 15) is 4.79 Å². The average molecular weight is 200 g/mol. The highest BCUT2D eigenvalue weighted by Crippen LogP contribution is 2.32. The van der Waals surface area contributed by atoms with E-state index in [1.54, 1.807) is 7.11 Å². The normalized spacial score (nSPS) is 21.9. The third kappa shape index (κ3) is 3.29. The maximum absolute atomic E-state index is 11.5. The van der Waals surface area contributed by atoms with E-state index in [-0.39, 0.29) is 17.7 Å². The lowest BCUT2D eigenvalue weighted by Gasteiger charge is -2.24. The Labute approximate surface area is 85.8 Å². The summed E-state index contributed by atoms with van der Waals surface area (Å²) in [7, 11) is 1.61. The summed E-state index contributed by atoms with van der Waals surface area (Å²) in [5.41, 5.74) is -0.204. The van der Waals surface area contributed by atoms with Gasteiger partial charge in [-0.05, 0) is 39.5 Å². The van der Waals surface area contributed by atoms with Crippen LogP contribution in [0.4, 0.5) is 0 Å². The van der Waals surface area contributed by atoms with Crippen molar-refractivity contribution in [1.82, 2.24) is 0 Å². The molecule has 0 spiro atoms. The van der Waals surface area contributed by atoms with Crippen molar-refractivity contribution in [2.24, 2.45) is 0 Å². The number of rotatable bonds is 4. The van der Waals surface area contributed by atoms with Gasteiger partial charge in [-0.1, -0.05) is 0 Å². The fourth-order valence-corrected chi connectivity index (χ4v) is 1.86. The highest BCUT2D eigenvalue weighted by atomic mass is 16.6. The number of esters is 1. The SMILES string of the molecule is COC(C)CC(=O)OC1(C)CCCC1. The zero-order valence-electron chi connectivity index (χ0n) is 9.34. The van der Waals surface area contributed by atoms with Crippen molar-refractivity contribution in [3.63, 3.8) is 0 Å². The number of carbonyl (C=O) groups is 1. The summed E-state index contributed by atoms with van der Waals surface area (Å²) in [4.78, 5) is 11.5. The van der Waals surface area contributed by atoms with Gasteiger partial charge in [-0.3, -0.25) is 4.79 Å². The summed E-state index contributed by atoms with van der Waals surface area (Å²) >= 11 is 0. The van der Waals surface area contributed by atoms with E-state index in [2.05, 4.69) is 0 Å². The average Bonchev–Trinajstić information content (AvgIpc) is 2.51. The Kier molecular flexibility index (Phi) is 3.93. The van der Waals surface area contributed by atoms with Gasteiger partial charge in [-0.2, -0.15) is 0 Å². The zero-order chi connectivity index (χ0) is 10.6. The van der Waals surface area contributed by atoms with Gasteiger partial charge < -0.3 is 9.47 Å². The van der Waals surface area contributed by atoms with Gasteiger partial charge >= 0.3 is 5.97 Å². The minimum atomic E-state index is -0.204. The second kappa shape index (κ2) is 4.78. The standard InChI is InChI=1S/C11H20O3/c1-9(13-3)8-10(12)14-11(2)6-4-5-7-11/h9H,4-8H2,1-3H3. The minimum Gasteiger partial charge on any atom is -0.459 e. The summed E-state index contributed by atoms with van der Waals surface area (Å²) in [5, 5.41) is 0. The molecular weight excluding hydrogens is 180 g/mol. The van der Waals surface area contributed by atoms with Crippen LogP contribution in [0.2, 0.25) is 0 Å². The van der Waals surface area contributed by atoms with Crippen LogP contribution in [0.3, 0.4) is 0 Å². The Morgan fingerprint density at radius 2 is 2.00 bits per heavy atom. The van der Waals surface area contributed by atoms with Gasteiger partial charge in [0.25, 0.3) is 0 Å². The van der Waals surface area contributed by atoms with E-state index in [4.69, 9.17) is 9.47 Å². The van der Waals surface area contributed by atoms with Crippen molar-refractivity contribution in [3.8, 4) is 0 Å². The van der Waals surface area contributed by atoms with Crippen LogP contribution in [-0.2, 0) is 14.3 Å². The van der Waals surface area contributed by atoms with Crippen molar-refractivity contribution in [2.45, 2.75) is 57.7 Å². The molecule has 1 saturated carbocycles. The van der Waals surface area contributed by atoms with E-state index in [0.717, 1.165) is 12.8 Å². The van der Waals surface area contributed by atoms with Crippen molar-refractivity contribution in [1.29, 1.82) is 0 Å². The number of carbonyl (C=O) groups excluding carboxylic acids is 1. The van der Waals surface area contributed by atoms with Gasteiger partial charge in [-0.25, -0.2) is 0 Å². The number of hydrogen-bond acceptors (Lipinski definition) is 3. The van der Waals surface area contributed by atoms with E-state index in [0.29, 0.717) is 6.42 Å². The van der Waals surface area contributed by atoms with E-state index >= 15 is 0 Å². The molecule has 0 heterocycles. The number of methoxy groups -OCH3 is 1. The van der Waals surface area contributed by atoms with Gasteiger partial charge in [0.05, 0.1) is 12.5 Å². The Balaban J connectivity index is 2.32. The van der Waals surface area contributed by atoms with Crippen LogP contribution < -0.4 is 0 Å². The lowest BCUT2D eigenvalue weighted by molar-refractivity contribution is -0.159. The second-order valence-electron chi connectivity index (χ2n) is 4.38. The molecule has 1 fully saturated rings. The van der Waals surface area contributed by atoms with Crippen LogP contribution in [0.5, 0.6) is 0 Å². The molecule has 0 amide bonds. The predicted octanol–water partition coefficient (Wildman–Crippen LogP) is 2.29. The molecule has 1 aliphatic rings. The van der Waals surface area contributed by atoms with E-state index in [1.807, 2.05) is 13.8 Å². The Bertz CT molecular complexity index is 195. The fourth-order valence-electron chi connectivity index (χ4n) is 1.86. The molecule has 0 aromatic rings. The second-order valence-corrected chi connectivity index (χ2v) is 4.38. The van der Waals surface area contributed by atoms with Crippen LogP contribution >= 0.6 is 0 Å². The first kappa shape index (κ1) is 11.5. The monoisotopic (exact) mass is 200 g/mol. The summed E-state index contributed by atoms with van der Waals surface area (Å²) in [6.07, 6.45) is 4.65. The molecule has 1 aliphatic carbocycles. The van der Waals surface area contributed by atoms with Crippen molar-refractivity contribution in [2.75, 3.05) is 7.11 Å². The highest BCUT2D eigenvalue weighted by molar-refractivity contribution is 5.70. The molecular formula is C11H20O3. The van der Waals surface area contributed by atoms with Crippen LogP contribution in [0.1, 0.15) is 46.0 Å². The Morgan fingerprint density at radius 1 is 1.43 bits per heavy atom. The Hall–Kier alpha value is -0.570. The molecule has 0 bridgehead atoms. The van der Waals surface area contributed by atoms with Gasteiger partial charge in [0.15, 0.2) is 0 Å². The van der Waals surface area contributed by atoms with Crippen LogP contribution in [0.25, 0.3) is 0 Å². The van der Waals surface area contributed by atoms with Gasteiger partial charge in [0.1, 0.15) is 5.60 Å². The maximum atomic E-state index is 11.5. The summed E-state index contributed by atoms with van der Waals surface area (Å²) < 4.78 is 10.5. The first-order valence-corrected chi connectivity index (χ1v) is 5.30. The predicted molar refractivity (Wildman–Crippen MR) is 54.1 cm³/mol. The van der Waals surface area contributed by atoms with Crippen molar-refractivity contribution >= 4 is 5.97 Å². The molecule has 0 radical (unpaired) electrons. The first-order valence-electron chi connectivity index (χ1n) is 5.30. The molecule has 14 heavy (non-hydrogen) atoms. The van der Waals surface area contributed by atoms with Crippen LogP contribution in [0, 0.1) is 0 Å². The quantitative estimate of drug-likeness (QED) is 0.653. The van der Waals surface area contributed by atoms with Gasteiger partial charge in [0.2, 0.25) is 0 Å². The highest BCUT2D eigenvalue weighted by Gasteiger charge is 2.32. The Morgan fingerprint density at radius 3 is 2.50 bits per heavy atom. The van der Waals surface area contributed by atoms with Crippen molar-refractivity contribution in [3.05, 3.63) is 0 Å². The number of ether oxygens (including phenoxy) is 2. The fraction of sp³-hybridized carbons (Fsp3) is 0.909. The van der Waals surface area contributed by atoms with E-state index < -0.39 is 0 Å². The van der Waals surface area contributed by atoms with Gasteiger partial charge in [-0.15, -0.1) is 0 Å². The molecule has 3 nitrogen and oxygen atoms in total.